The summed E-state index contributed by atoms with van der Waals surface area (Å²) in [6, 6.07) is 30.0. The lowest BCUT2D eigenvalue weighted by atomic mass is 9.97. The maximum absolute atomic E-state index is 13.8. The third kappa shape index (κ3) is 4.80. The molecule has 5 nitrogen and oxygen atoms in total. The van der Waals surface area contributed by atoms with Crippen LogP contribution >= 0.6 is 0 Å². The van der Waals surface area contributed by atoms with Crippen LogP contribution in [0.2, 0.25) is 0 Å². The van der Waals surface area contributed by atoms with E-state index in [1.165, 1.54) is 0 Å². The molecule has 35 heavy (non-hydrogen) atoms. The van der Waals surface area contributed by atoms with Crippen molar-refractivity contribution in [2.24, 2.45) is 0 Å². The van der Waals surface area contributed by atoms with Crippen LogP contribution in [0.1, 0.15) is 46.2 Å². The maximum atomic E-state index is 13.8. The van der Waals surface area contributed by atoms with Crippen molar-refractivity contribution in [3.63, 3.8) is 0 Å². The van der Waals surface area contributed by atoms with Gasteiger partial charge in [0, 0.05) is 18.5 Å². The van der Waals surface area contributed by atoms with Crippen molar-refractivity contribution in [3.05, 3.63) is 135 Å². The Balaban J connectivity index is 1.44. The van der Waals surface area contributed by atoms with Gasteiger partial charge in [-0.15, -0.1) is 0 Å². The molecule has 1 aliphatic rings. The number of nitrogens with zero attached hydrogens (tertiary/aromatic N) is 3. The lowest BCUT2D eigenvalue weighted by Gasteiger charge is -2.30. The van der Waals surface area contributed by atoms with Crippen molar-refractivity contribution < 1.29 is 4.79 Å². The molecular formula is C30H29N3O2. The van der Waals surface area contributed by atoms with Gasteiger partial charge >= 0.3 is 0 Å². The minimum Gasteiger partial charge on any atom is -0.336 e. The molecule has 0 spiro atoms. The molecule has 1 aliphatic heterocycles. The number of fused-ring (bicyclic) bond motifs is 1. The summed E-state index contributed by atoms with van der Waals surface area (Å²) in [5.74, 6) is 0.764. The van der Waals surface area contributed by atoms with Gasteiger partial charge in [-0.2, -0.15) is 0 Å². The van der Waals surface area contributed by atoms with E-state index in [1.54, 1.807) is 0 Å². The average Bonchev–Trinajstić information content (AvgIpc) is 2.91. The van der Waals surface area contributed by atoms with Gasteiger partial charge in [0.05, 0.1) is 18.3 Å². The van der Waals surface area contributed by atoms with Crippen LogP contribution in [0.3, 0.4) is 0 Å². The molecule has 4 aromatic rings. The van der Waals surface area contributed by atoms with E-state index >= 15 is 0 Å². The maximum Gasteiger partial charge on any atom is 0.257 e. The Morgan fingerprint density at radius 3 is 2.06 bits per heavy atom. The number of carbonyl (C=O) groups is 1. The monoisotopic (exact) mass is 463 g/mol. The van der Waals surface area contributed by atoms with Crippen LogP contribution in [0, 0.1) is 6.92 Å². The SMILES string of the molecule is Cc1nc2c(c(=O)n1C(c1ccccc1)c1ccccc1)CCN(C(=O)CCc1ccccc1)C2. The molecule has 176 valence electrons. The molecule has 2 heterocycles. The minimum atomic E-state index is -0.256. The van der Waals surface area contributed by atoms with Crippen molar-refractivity contribution in [1.29, 1.82) is 0 Å². The van der Waals surface area contributed by atoms with Gasteiger partial charge in [-0.05, 0) is 36.5 Å². The summed E-state index contributed by atoms with van der Waals surface area (Å²) in [5.41, 5.74) is 4.67. The van der Waals surface area contributed by atoms with Crippen LogP contribution in [-0.2, 0) is 24.2 Å². The van der Waals surface area contributed by atoms with Gasteiger partial charge in [-0.1, -0.05) is 91.0 Å². The number of hydrogen-bond donors (Lipinski definition) is 0. The van der Waals surface area contributed by atoms with Crippen molar-refractivity contribution in [1.82, 2.24) is 14.5 Å². The van der Waals surface area contributed by atoms with Crippen LogP contribution in [0.5, 0.6) is 0 Å². The highest BCUT2D eigenvalue weighted by molar-refractivity contribution is 5.76. The number of aromatic nitrogens is 2. The Morgan fingerprint density at radius 1 is 0.886 bits per heavy atom. The van der Waals surface area contributed by atoms with Gasteiger partial charge in [0.2, 0.25) is 5.91 Å². The topological polar surface area (TPSA) is 55.2 Å². The molecule has 0 saturated heterocycles. The molecule has 5 heteroatoms. The van der Waals surface area contributed by atoms with E-state index in [9.17, 15) is 9.59 Å². The molecule has 0 bridgehead atoms. The van der Waals surface area contributed by atoms with Gasteiger partial charge < -0.3 is 4.90 Å². The molecule has 5 rings (SSSR count). The minimum absolute atomic E-state index is 0.0124. The van der Waals surface area contributed by atoms with Crippen LogP contribution in [0.25, 0.3) is 0 Å². The van der Waals surface area contributed by atoms with Crippen molar-refractivity contribution in [2.75, 3.05) is 6.54 Å². The summed E-state index contributed by atoms with van der Waals surface area (Å²) >= 11 is 0. The van der Waals surface area contributed by atoms with Gasteiger partial charge in [-0.3, -0.25) is 14.2 Å². The lowest BCUT2D eigenvalue weighted by molar-refractivity contribution is -0.132. The second-order valence-electron chi connectivity index (χ2n) is 9.03. The Bertz CT molecular complexity index is 1330. The number of amides is 1. The fourth-order valence-corrected chi connectivity index (χ4v) is 4.95. The van der Waals surface area contributed by atoms with E-state index < -0.39 is 0 Å². The Kier molecular flexibility index (Phi) is 6.57. The first-order chi connectivity index (χ1) is 17.1. The van der Waals surface area contributed by atoms with Crippen LogP contribution < -0.4 is 5.56 Å². The number of carbonyl (C=O) groups excluding carboxylic acids is 1. The van der Waals surface area contributed by atoms with E-state index in [4.69, 9.17) is 4.98 Å². The average molecular weight is 464 g/mol. The zero-order chi connectivity index (χ0) is 24.2. The molecule has 0 unspecified atom stereocenters. The lowest BCUT2D eigenvalue weighted by Crippen LogP contribution is -2.42. The Hall–Kier alpha value is -3.99. The Labute approximate surface area is 205 Å². The summed E-state index contributed by atoms with van der Waals surface area (Å²) in [6.07, 6.45) is 1.70. The van der Waals surface area contributed by atoms with E-state index in [0.29, 0.717) is 38.2 Å². The second-order valence-corrected chi connectivity index (χ2v) is 9.03. The van der Waals surface area contributed by atoms with Gasteiger partial charge in [0.15, 0.2) is 0 Å². The number of rotatable bonds is 6. The van der Waals surface area contributed by atoms with E-state index in [-0.39, 0.29) is 17.5 Å². The molecule has 0 saturated carbocycles. The molecule has 0 atom stereocenters. The summed E-state index contributed by atoms with van der Waals surface area (Å²) in [4.78, 5) is 33.4. The normalized spacial score (nSPS) is 13.0. The molecule has 1 aromatic heterocycles. The highest BCUT2D eigenvalue weighted by Crippen LogP contribution is 2.27. The van der Waals surface area contributed by atoms with Crippen LogP contribution in [0.4, 0.5) is 0 Å². The highest BCUT2D eigenvalue weighted by atomic mass is 16.2. The zero-order valence-corrected chi connectivity index (χ0v) is 19.9. The largest absolute Gasteiger partial charge is 0.336 e. The predicted molar refractivity (Wildman–Crippen MR) is 137 cm³/mol. The standard InChI is InChI=1S/C30H29N3O2/c1-22-31-27-21-32(28(34)18-17-23-11-5-2-6-12-23)20-19-26(27)30(35)33(22)29(24-13-7-3-8-14-24)25-15-9-4-10-16-25/h2-16,29H,17-21H2,1H3. The van der Waals surface area contributed by atoms with Gasteiger partial charge in [0.1, 0.15) is 5.82 Å². The quantitative estimate of drug-likeness (QED) is 0.416. The molecule has 0 N–H and O–H groups in total. The zero-order valence-electron chi connectivity index (χ0n) is 19.9. The Morgan fingerprint density at radius 2 is 1.46 bits per heavy atom. The molecular weight excluding hydrogens is 434 g/mol. The van der Waals surface area contributed by atoms with Gasteiger partial charge in [0.25, 0.3) is 5.56 Å². The second kappa shape index (κ2) is 10.1. The highest BCUT2D eigenvalue weighted by Gasteiger charge is 2.28. The third-order valence-electron chi connectivity index (χ3n) is 6.75. The van der Waals surface area contributed by atoms with Crippen molar-refractivity contribution in [3.8, 4) is 0 Å². The van der Waals surface area contributed by atoms with Gasteiger partial charge in [-0.25, -0.2) is 4.98 Å². The summed E-state index contributed by atoms with van der Waals surface area (Å²) in [5, 5.41) is 0. The molecule has 0 fully saturated rings. The summed E-state index contributed by atoms with van der Waals surface area (Å²) in [7, 11) is 0. The van der Waals surface area contributed by atoms with Crippen molar-refractivity contribution in [2.45, 2.75) is 38.8 Å². The smallest absolute Gasteiger partial charge is 0.257 e. The first-order valence-corrected chi connectivity index (χ1v) is 12.1. The fraction of sp³-hybridized carbons (Fsp3) is 0.233. The number of hydrogen-bond acceptors (Lipinski definition) is 3. The molecule has 0 aliphatic carbocycles. The van der Waals surface area contributed by atoms with E-state index in [1.807, 2.05) is 83.1 Å². The van der Waals surface area contributed by atoms with Crippen molar-refractivity contribution >= 4 is 5.91 Å². The number of aryl methyl sites for hydroxylation is 2. The summed E-state index contributed by atoms with van der Waals surface area (Å²) < 4.78 is 1.82. The number of benzene rings is 3. The molecule has 0 radical (unpaired) electrons. The predicted octanol–water partition coefficient (Wildman–Crippen LogP) is 4.71. The summed E-state index contributed by atoms with van der Waals surface area (Å²) in [6.45, 7) is 2.82. The van der Waals surface area contributed by atoms with E-state index in [0.717, 1.165) is 27.9 Å². The van der Waals surface area contributed by atoms with E-state index in [2.05, 4.69) is 24.3 Å². The van der Waals surface area contributed by atoms with Crippen LogP contribution in [0.15, 0.2) is 95.8 Å². The first kappa shape index (κ1) is 22.8. The molecule has 1 amide bonds. The molecule has 3 aromatic carbocycles. The first-order valence-electron chi connectivity index (χ1n) is 12.1. The third-order valence-corrected chi connectivity index (χ3v) is 6.75. The van der Waals surface area contributed by atoms with Crippen LogP contribution in [-0.4, -0.2) is 26.9 Å². The fourth-order valence-electron chi connectivity index (χ4n) is 4.95.